The largest absolute Gasteiger partial charge is 0.618 e. The van der Waals surface area contributed by atoms with Crippen LogP contribution in [0.1, 0.15) is 16.3 Å². The summed E-state index contributed by atoms with van der Waals surface area (Å²) in [5, 5.41) is 14.5. The number of rotatable bonds is 5. The summed E-state index contributed by atoms with van der Waals surface area (Å²) in [7, 11) is 0. The van der Waals surface area contributed by atoms with Gasteiger partial charge in [0.25, 0.3) is 0 Å². The number of aromatic nitrogens is 4. The van der Waals surface area contributed by atoms with Crippen molar-refractivity contribution in [3.8, 4) is 0 Å². The van der Waals surface area contributed by atoms with Gasteiger partial charge in [-0.1, -0.05) is 18.2 Å². The molecule has 3 rings (SSSR count). The van der Waals surface area contributed by atoms with E-state index in [-0.39, 0.29) is 30.0 Å². The van der Waals surface area contributed by atoms with E-state index in [4.69, 9.17) is 10.5 Å². The van der Waals surface area contributed by atoms with Crippen LogP contribution in [0.4, 0.5) is 17.6 Å². The van der Waals surface area contributed by atoms with Crippen LogP contribution in [0.2, 0.25) is 0 Å². The van der Waals surface area contributed by atoms with Gasteiger partial charge in [-0.2, -0.15) is 19.7 Å². The van der Waals surface area contributed by atoms with Crippen molar-refractivity contribution in [3.63, 3.8) is 0 Å². The lowest BCUT2D eigenvalue weighted by Gasteiger charge is -2.08. The van der Waals surface area contributed by atoms with Crippen LogP contribution >= 0.6 is 0 Å². The molecular weight excluding hydrogens is 324 g/mol. The van der Waals surface area contributed by atoms with Crippen molar-refractivity contribution >= 4 is 23.6 Å². The zero-order valence-corrected chi connectivity index (χ0v) is 13.0. The standard InChI is InChI=1S/C16H14N6O3/c17-15-19-13(10-25-14(23)12-8-4-5-9-22(12)24)20-16(21-15)18-11-6-2-1-3-7-11/h1-9H,10H2,(H3,17,18,19,20,21). The minimum Gasteiger partial charge on any atom is -0.618 e. The number of nitrogens with zero attached hydrogens (tertiary/aromatic N) is 4. The number of nitrogen functional groups attached to an aromatic ring is 1. The van der Waals surface area contributed by atoms with E-state index in [1.54, 1.807) is 6.07 Å². The van der Waals surface area contributed by atoms with E-state index >= 15 is 0 Å². The molecule has 0 aliphatic carbocycles. The molecule has 0 atom stereocenters. The highest BCUT2D eigenvalue weighted by molar-refractivity contribution is 5.85. The molecule has 0 fully saturated rings. The Bertz CT molecular complexity index is 888. The average Bonchev–Trinajstić information content (AvgIpc) is 2.60. The number of pyridine rings is 1. The summed E-state index contributed by atoms with van der Waals surface area (Å²) in [6, 6.07) is 13.7. The van der Waals surface area contributed by atoms with Crippen LogP contribution in [0, 0.1) is 5.21 Å². The van der Waals surface area contributed by atoms with Crippen LogP contribution in [0.15, 0.2) is 54.7 Å². The third kappa shape index (κ3) is 4.16. The molecule has 126 valence electrons. The molecule has 2 aromatic heterocycles. The zero-order valence-electron chi connectivity index (χ0n) is 13.0. The normalized spacial score (nSPS) is 10.2. The lowest BCUT2D eigenvalue weighted by Crippen LogP contribution is -2.34. The number of carbonyl (C=O) groups is 1. The van der Waals surface area contributed by atoms with Crippen molar-refractivity contribution in [2.75, 3.05) is 11.1 Å². The fourth-order valence-corrected chi connectivity index (χ4v) is 2.00. The first-order chi connectivity index (χ1) is 12.1. The van der Waals surface area contributed by atoms with Gasteiger partial charge in [-0.25, -0.2) is 4.79 Å². The first-order valence-electron chi connectivity index (χ1n) is 7.29. The summed E-state index contributed by atoms with van der Waals surface area (Å²) in [5.41, 5.74) is 6.30. The van der Waals surface area contributed by atoms with Crippen molar-refractivity contribution in [1.82, 2.24) is 15.0 Å². The van der Waals surface area contributed by atoms with Crippen LogP contribution in [-0.2, 0) is 11.3 Å². The monoisotopic (exact) mass is 338 g/mol. The lowest BCUT2D eigenvalue weighted by atomic mass is 10.3. The van der Waals surface area contributed by atoms with Crippen LogP contribution in [0.5, 0.6) is 0 Å². The van der Waals surface area contributed by atoms with Crippen molar-refractivity contribution < 1.29 is 14.3 Å². The van der Waals surface area contributed by atoms with E-state index in [2.05, 4.69) is 20.3 Å². The summed E-state index contributed by atoms with van der Waals surface area (Å²) in [6.45, 7) is -0.246. The highest BCUT2D eigenvalue weighted by Gasteiger charge is 2.17. The van der Waals surface area contributed by atoms with Gasteiger partial charge in [0.1, 0.15) is 0 Å². The number of nitrogens with two attached hydrogens (primary N) is 1. The SMILES string of the molecule is Nc1nc(COC(=O)c2cccc[n+]2[O-])nc(Nc2ccccc2)n1. The van der Waals surface area contributed by atoms with Gasteiger partial charge < -0.3 is 21.0 Å². The topological polar surface area (TPSA) is 130 Å². The molecule has 0 radical (unpaired) electrons. The van der Waals surface area contributed by atoms with Gasteiger partial charge in [0, 0.05) is 17.8 Å². The Kier molecular flexibility index (Phi) is 4.65. The minimum absolute atomic E-state index is 0.0157. The number of ether oxygens (including phenoxy) is 1. The summed E-state index contributed by atoms with van der Waals surface area (Å²) in [5.74, 6) is -0.416. The highest BCUT2D eigenvalue weighted by Crippen LogP contribution is 2.13. The maximum absolute atomic E-state index is 11.9. The van der Waals surface area contributed by atoms with Crippen molar-refractivity contribution in [3.05, 3.63) is 71.5 Å². The summed E-state index contributed by atoms with van der Waals surface area (Å²) in [4.78, 5) is 24.0. The third-order valence-electron chi connectivity index (χ3n) is 3.09. The van der Waals surface area contributed by atoms with Crippen LogP contribution in [-0.4, -0.2) is 20.9 Å². The number of benzene rings is 1. The molecule has 0 spiro atoms. The minimum atomic E-state index is -0.785. The summed E-state index contributed by atoms with van der Waals surface area (Å²) < 4.78 is 5.48. The quantitative estimate of drug-likeness (QED) is 0.403. The van der Waals surface area contributed by atoms with Crippen molar-refractivity contribution in [1.29, 1.82) is 0 Å². The lowest BCUT2D eigenvalue weighted by molar-refractivity contribution is -0.608. The fourth-order valence-electron chi connectivity index (χ4n) is 2.00. The first kappa shape index (κ1) is 16.1. The summed E-state index contributed by atoms with van der Waals surface area (Å²) in [6.07, 6.45) is 1.21. The molecule has 3 N–H and O–H groups in total. The smallest absolute Gasteiger partial charge is 0.405 e. The van der Waals surface area contributed by atoms with Crippen LogP contribution in [0.25, 0.3) is 0 Å². The molecule has 0 amide bonds. The van der Waals surface area contributed by atoms with Gasteiger partial charge in [0.05, 0.1) is 0 Å². The molecule has 0 saturated carbocycles. The molecule has 25 heavy (non-hydrogen) atoms. The Morgan fingerprint density at radius 1 is 1.12 bits per heavy atom. The van der Waals surface area contributed by atoms with E-state index in [1.807, 2.05) is 30.3 Å². The van der Waals surface area contributed by atoms with Crippen LogP contribution in [0.3, 0.4) is 0 Å². The number of para-hydroxylation sites is 1. The van der Waals surface area contributed by atoms with E-state index in [0.717, 1.165) is 5.69 Å². The molecule has 3 aromatic rings. The van der Waals surface area contributed by atoms with E-state index in [9.17, 15) is 10.0 Å². The Morgan fingerprint density at radius 2 is 1.88 bits per heavy atom. The third-order valence-corrected chi connectivity index (χ3v) is 3.09. The maximum Gasteiger partial charge on any atom is 0.405 e. The predicted molar refractivity (Wildman–Crippen MR) is 88.5 cm³/mol. The Labute approximate surface area is 142 Å². The number of hydrogen-bond acceptors (Lipinski definition) is 8. The van der Waals surface area contributed by atoms with Gasteiger partial charge in [0.15, 0.2) is 18.6 Å². The molecule has 0 aliphatic rings. The molecule has 9 nitrogen and oxygen atoms in total. The number of nitrogens with one attached hydrogen (secondary N) is 1. The van der Waals surface area contributed by atoms with Gasteiger partial charge in [-0.3, -0.25) is 0 Å². The molecule has 1 aromatic carbocycles. The molecule has 2 heterocycles. The van der Waals surface area contributed by atoms with Gasteiger partial charge >= 0.3 is 11.7 Å². The number of carbonyl (C=O) groups excluding carboxylic acids is 1. The average molecular weight is 338 g/mol. The van der Waals surface area contributed by atoms with Gasteiger partial charge in [-0.05, 0) is 18.2 Å². The van der Waals surface area contributed by atoms with Crippen molar-refractivity contribution in [2.45, 2.75) is 6.61 Å². The second-order valence-electron chi connectivity index (χ2n) is 4.91. The second kappa shape index (κ2) is 7.21. The molecule has 0 aliphatic heterocycles. The zero-order chi connectivity index (χ0) is 17.6. The van der Waals surface area contributed by atoms with Gasteiger partial charge in [-0.15, -0.1) is 0 Å². The molecule has 0 saturated heterocycles. The van der Waals surface area contributed by atoms with E-state index in [1.165, 1.54) is 18.3 Å². The Balaban J connectivity index is 1.70. The van der Waals surface area contributed by atoms with E-state index < -0.39 is 5.97 Å². The fraction of sp³-hybridized carbons (Fsp3) is 0.0625. The number of esters is 1. The molecule has 9 heteroatoms. The number of hydrogen-bond donors (Lipinski definition) is 2. The first-order valence-corrected chi connectivity index (χ1v) is 7.29. The van der Waals surface area contributed by atoms with Crippen LogP contribution < -0.4 is 15.8 Å². The van der Waals surface area contributed by atoms with Crippen molar-refractivity contribution in [2.24, 2.45) is 0 Å². The maximum atomic E-state index is 11.9. The second-order valence-corrected chi connectivity index (χ2v) is 4.91. The summed E-state index contributed by atoms with van der Waals surface area (Å²) >= 11 is 0. The predicted octanol–water partition coefficient (Wildman–Crippen LogP) is 1.19. The highest BCUT2D eigenvalue weighted by atomic mass is 16.5. The van der Waals surface area contributed by atoms with E-state index in [0.29, 0.717) is 4.73 Å². The molecule has 0 unspecified atom stereocenters. The number of anilines is 3. The Hall–Kier alpha value is -3.75. The van der Waals surface area contributed by atoms with Gasteiger partial charge in [0.2, 0.25) is 11.9 Å². The molecular formula is C16H14N6O3. The Morgan fingerprint density at radius 3 is 2.64 bits per heavy atom. The molecule has 0 bridgehead atoms.